The zero-order chi connectivity index (χ0) is 14.2. The number of aryl methyl sites for hydroxylation is 1. The minimum absolute atomic E-state index is 0.210. The first-order valence-corrected chi connectivity index (χ1v) is 5.48. The molecular weight excluding hydrogens is 259 g/mol. The minimum atomic E-state index is -4.67. The molecule has 1 aromatic carbocycles. The van der Waals surface area contributed by atoms with Gasteiger partial charge in [0.05, 0.1) is 11.9 Å². The number of pyridine rings is 1. The Morgan fingerprint density at radius 1 is 1.32 bits per heavy atom. The van der Waals surface area contributed by atoms with Crippen molar-refractivity contribution in [2.45, 2.75) is 19.5 Å². The normalized spacial score (nSPS) is 11.8. The van der Waals surface area contributed by atoms with Gasteiger partial charge in [0.2, 0.25) is 0 Å². The van der Waals surface area contributed by atoms with Crippen molar-refractivity contribution in [2.75, 3.05) is 0 Å². The van der Waals surface area contributed by atoms with Crippen LogP contribution in [0.2, 0.25) is 0 Å². The van der Waals surface area contributed by atoms with Gasteiger partial charge >= 0.3 is 12.1 Å². The van der Waals surface area contributed by atoms with Crippen molar-refractivity contribution in [1.29, 1.82) is 0 Å². The van der Waals surface area contributed by atoms with Crippen molar-refractivity contribution in [2.24, 2.45) is 0 Å². The highest BCUT2D eigenvalue weighted by Gasteiger charge is 2.37. The van der Waals surface area contributed by atoms with Gasteiger partial charge in [-0.05, 0) is 24.1 Å². The number of halogens is 3. The van der Waals surface area contributed by atoms with Gasteiger partial charge in [0, 0.05) is 5.39 Å². The van der Waals surface area contributed by atoms with Crippen molar-refractivity contribution in [3.8, 4) is 0 Å². The standard InChI is InChI=1S/C13H10F3NO2/c1-7-8-4-2-3-5-10(8)17-12(13(14,15)16)9(7)6-11(18)19/h2-5H,6H2,1H3,(H,18,19). The van der Waals surface area contributed by atoms with E-state index in [-0.39, 0.29) is 11.1 Å². The second-order valence-corrected chi connectivity index (χ2v) is 4.15. The molecule has 19 heavy (non-hydrogen) atoms. The summed E-state index contributed by atoms with van der Waals surface area (Å²) in [5.41, 5.74) is -0.883. The third-order valence-electron chi connectivity index (χ3n) is 2.88. The van der Waals surface area contributed by atoms with E-state index >= 15 is 0 Å². The fourth-order valence-electron chi connectivity index (χ4n) is 2.02. The predicted octanol–water partition coefficient (Wildman–Crippen LogP) is 3.19. The smallest absolute Gasteiger partial charge is 0.433 e. The van der Waals surface area contributed by atoms with E-state index in [0.29, 0.717) is 10.9 Å². The first-order valence-electron chi connectivity index (χ1n) is 5.48. The molecule has 0 atom stereocenters. The summed E-state index contributed by atoms with van der Waals surface area (Å²) in [6, 6.07) is 6.37. The third kappa shape index (κ3) is 2.52. The highest BCUT2D eigenvalue weighted by Crippen LogP contribution is 2.34. The molecule has 0 aliphatic carbocycles. The fraction of sp³-hybridized carbons (Fsp3) is 0.231. The lowest BCUT2D eigenvalue weighted by molar-refractivity contribution is -0.142. The van der Waals surface area contributed by atoms with Crippen LogP contribution in [0.1, 0.15) is 16.8 Å². The number of para-hydroxylation sites is 1. The topological polar surface area (TPSA) is 50.2 Å². The summed E-state index contributed by atoms with van der Waals surface area (Å²) in [5.74, 6) is -1.31. The first-order chi connectivity index (χ1) is 8.80. The lowest BCUT2D eigenvalue weighted by Crippen LogP contribution is -2.16. The fourth-order valence-corrected chi connectivity index (χ4v) is 2.02. The van der Waals surface area contributed by atoms with E-state index in [1.54, 1.807) is 18.2 Å². The lowest BCUT2D eigenvalue weighted by atomic mass is 9.99. The van der Waals surface area contributed by atoms with E-state index in [1.165, 1.54) is 13.0 Å². The van der Waals surface area contributed by atoms with Crippen LogP contribution in [0.5, 0.6) is 0 Å². The molecule has 2 aromatic rings. The Hall–Kier alpha value is -2.11. The number of hydrogen-bond acceptors (Lipinski definition) is 2. The number of benzene rings is 1. The lowest BCUT2D eigenvalue weighted by Gasteiger charge is -2.15. The maximum atomic E-state index is 13.0. The number of nitrogens with zero attached hydrogens (tertiary/aromatic N) is 1. The molecule has 3 nitrogen and oxygen atoms in total. The van der Waals surface area contributed by atoms with Gasteiger partial charge in [-0.3, -0.25) is 4.79 Å². The Morgan fingerprint density at radius 3 is 2.53 bits per heavy atom. The number of carbonyl (C=O) groups is 1. The Labute approximate surface area is 106 Å². The number of fused-ring (bicyclic) bond motifs is 1. The third-order valence-corrected chi connectivity index (χ3v) is 2.88. The van der Waals surface area contributed by atoms with E-state index < -0.39 is 24.3 Å². The molecule has 0 aliphatic heterocycles. The molecule has 0 amide bonds. The van der Waals surface area contributed by atoms with E-state index in [4.69, 9.17) is 5.11 Å². The van der Waals surface area contributed by atoms with Crippen LogP contribution in [0, 0.1) is 6.92 Å². The SMILES string of the molecule is Cc1c(CC(=O)O)c(C(F)(F)F)nc2ccccc12. The van der Waals surface area contributed by atoms with Crippen molar-refractivity contribution < 1.29 is 23.1 Å². The molecule has 0 aliphatic rings. The zero-order valence-electron chi connectivity index (χ0n) is 9.95. The maximum Gasteiger partial charge on any atom is 0.433 e. The highest BCUT2D eigenvalue weighted by molar-refractivity contribution is 5.85. The Morgan fingerprint density at radius 2 is 1.95 bits per heavy atom. The number of hydrogen-bond donors (Lipinski definition) is 1. The summed E-state index contributed by atoms with van der Waals surface area (Å²) >= 11 is 0. The van der Waals surface area contributed by atoms with Crippen molar-refractivity contribution in [1.82, 2.24) is 4.98 Å². The molecule has 0 saturated heterocycles. The molecule has 0 radical (unpaired) electrons. The first kappa shape index (κ1) is 13.3. The predicted molar refractivity (Wildman–Crippen MR) is 62.8 cm³/mol. The quantitative estimate of drug-likeness (QED) is 0.910. The number of alkyl halides is 3. The van der Waals surface area contributed by atoms with Crippen LogP contribution >= 0.6 is 0 Å². The number of aliphatic carboxylic acids is 1. The zero-order valence-corrected chi connectivity index (χ0v) is 9.95. The van der Waals surface area contributed by atoms with Gasteiger partial charge in [-0.15, -0.1) is 0 Å². The maximum absolute atomic E-state index is 13.0. The van der Waals surface area contributed by atoms with Crippen LogP contribution in [-0.4, -0.2) is 16.1 Å². The van der Waals surface area contributed by atoms with Gasteiger partial charge < -0.3 is 5.11 Å². The number of carboxylic acid groups (broad SMARTS) is 1. The molecule has 0 spiro atoms. The van der Waals surface area contributed by atoms with Gasteiger partial charge in [-0.2, -0.15) is 13.2 Å². The van der Waals surface area contributed by atoms with Gasteiger partial charge in [0.15, 0.2) is 0 Å². The van der Waals surface area contributed by atoms with Crippen LogP contribution in [0.25, 0.3) is 10.9 Å². The summed E-state index contributed by atoms with van der Waals surface area (Å²) in [5, 5.41) is 9.29. The Balaban J connectivity index is 2.80. The van der Waals surface area contributed by atoms with Crippen LogP contribution in [0.4, 0.5) is 13.2 Å². The molecule has 1 N–H and O–H groups in total. The van der Waals surface area contributed by atoms with Crippen molar-refractivity contribution >= 4 is 16.9 Å². The Kier molecular flexibility index (Phi) is 3.18. The highest BCUT2D eigenvalue weighted by atomic mass is 19.4. The van der Waals surface area contributed by atoms with Crippen molar-refractivity contribution in [3.05, 3.63) is 41.1 Å². The van der Waals surface area contributed by atoms with E-state index in [0.717, 1.165) is 0 Å². The van der Waals surface area contributed by atoms with E-state index in [9.17, 15) is 18.0 Å². The summed E-state index contributed by atoms with van der Waals surface area (Å²) in [7, 11) is 0. The van der Waals surface area contributed by atoms with E-state index in [1.807, 2.05) is 0 Å². The van der Waals surface area contributed by atoms with Gasteiger partial charge in [-0.1, -0.05) is 18.2 Å². The van der Waals surface area contributed by atoms with Gasteiger partial charge in [0.1, 0.15) is 5.69 Å². The van der Waals surface area contributed by atoms with Crippen LogP contribution in [0.15, 0.2) is 24.3 Å². The summed E-state index contributed by atoms with van der Waals surface area (Å²) < 4.78 is 38.9. The van der Waals surface area contributed by atoms with Crippen LogP contribution in [0.3, 0.4) is 0 Å². The number of aromatic nitrogens is 1. The second-order valence-electron chi connectivity index (χ2n) is 4.15. The van der Waals surface area contributed by atoms with Crippen LogP contribution < -0.4 is 0 Å². The monoisotopic (exact) mass is 269 g/mol. The molecule has 0 fully saturated rings. The number of carboxylic acids is 1. The molecule has 0 bridgehead atoms. The second kappa shape index (κ2) is 4.53. The average Bonchev–Trinajstić information content (AvgIpc) is 2.31. The summed E-state index contributed by atoms with van der Waals surface area (Å²) in [6.07, 6.45) is -5.36. The van der Waals surface area contributed by atoms with Gasteiger partial charge in [0.25, 0.3) is 0 Å². The molecule has 0 unspecified atom stereocenters. The molecule has 1 heterocycles. The molecular formula is C13H10F3NO2. The molecule has 2 rings (SSSR count). The average molecular weight is 269 g/mol. The van der Waals surface area contributed by atoms with Crippen molar-refractivity contribution in [3.63, 3.8) is 0 Å². The van der Waals surface area contributed by atoms with Gasteiger partial charge in [-0.25, -0.2) is 4.98 Å². The Bertz CT molecular complexity index is 650. The summed E-state index contributed by atoms with van der Waals surface area (Å²) in [4.78, 5) is 14.3. The van der Waals surface area contributed by atoms with E-state index in [2.05, 4.69) is 4.98 Å². The molecule has 1 aromatic heterocycles. The molecule has 0 saturated carbocycles. The minimum Gasteiger partial charge on any atom is -0.481 e. The largest absolute Gasteiger partial charge is 0.481 e. The van der Waals surface area contributed by atoms with Crippen LogP contribution in [-0.2, 0) is 17.4 Å². The molecule has 100 valence electrons. The molecule has 6 heteroatoms. The number of rotatable bonds is 2. The summed E-state index contributed by atoms with van der Waals surface area (Å²) in [6.45, 7) is 1.48.